The van der Waals surface area contributed by atoms with Gasteiger partial charge >= 0.3 is 0 Å². The fourth-order valence-corrected chi connectivity index (χ4v) is 0.948. The van der Waals surface area contributed by atoms with Crippen LogP contribution in [0.3, 0.4) is 0 Å². The van der Waals surface area contributed by atoms with Crippen molar-refractivity contribution in [2.75, 3.05) is 20.2 Å². The molecule has 11 heavy (non-hydrogen) atoms. The predicted molar refractivity (Wildman–Crippen MR) is 45.2 cm³/mol. The first-order chi connectivity index (χ1) is 5.22. The van der Waals surface area contributed by atoms with Gasteiger partial charge in [0.05, 0.1) is 0 Å². The molecule has 0 aromatic rings. The summed E-state index contributed by atoms with van der Waals surface area (Å²) in [6.07, 6.45) is 2.19. The van der Waals surface area contributed by atoms with Crippen LogP contribution in [0.2, 0.25) is 0 Å². The van der Waals surface area contributed by atoms with Gasteiger partial charge in [0.25, 0.3) is 0 Å². The summed E-state index contributed by atoms with van der Waals surface area (Å²) >= 11 is 0. The summed E-state index contributed by atoms with van der Waals surface area (Å²) in [6, 6.07) is 0. The third-order valence-electron chi connectivity index (χ3n) is 1.72. The van der Waals surface area contributed by atoms with Crippen LogP contribution in [0.15, 0.2) is 0 Å². The van der Waals surface area contributed by atoms with Gasteiger partial charge in [-0.2, -0.15) is 0 Å². The topological polar surface area (TPSA) is 43.7 Å². The van der Waals surface area contributed by atoms with E-state index in [9.17, 15) is 5.11 Å². The summed E-state index contributed by atoms with van der Waals surface area (Å²) in [5.41, 5.74) is 0. The molecule has 0 saturated carbocycles. The first-order valence-electron chi connectivity index (χ1n) is 4.21. The van der Waals surface area contributed by atoms with Crippen molar-refractivity contribution in [1.82, 2.24) is 4.90 Å². The van der Waals surface area contributed by atoms with Gasteiger partial charge in [-0.1, -0.05) is 13.3 Å². The zero-order valence-corrected chi connectivity index (χ0v) is 7.45. The van der Waals surface area contributed by atoms with E-state index in [4.69, 9.17) is 5.11 Å². The maximum absolute atomic E-state index is 9.39. The normalized spacial score (nSPS) is 13.9. The highest BCUT2D eigenvalue weighted by Gasteiger charge is 2.07. The first-order valence-corrected chi connectivity index (χ1v) is 4.21. The summed E-state index contributed by atoms with van der Waals surface area (Å²) in [4.78, 5) is 1.86. The molecule has 0 bridgehead atoms. The quantitative estimate of drug-likeness (QED) is 0.555. The van der Waals surface area contributed by atoms with Crippen molar-refractivity contribution < 1.29 is 10.2 Å². The van der Waals surface area contributed by atoms with Crippen molar-refractivity contribution in [2.45, 2.75) is 32.4 Å². The minimum absolute atomic E-state index is 0.198. The summed E-state index contributed by atoms with van der Waals surface area (Å²) in [6.45, 7) is 3.00. The van der Waals surface area contributed by atoms with Crippen LogP contribution < -0.4 is 0 Å². The average Bonchev–Trinajstić information content (AvgIpc) is 2.00. The molecular formula is C8H19NO2. The minimum atomic E-state index is -0.341. The highest BCUT2D eigenvalue weighted by Crippen LogP contribution is 2.01. The van der Waals surface area contributed by atoms with E-state index in [2.05, 4.69) is 0 Å². The Bertz CT molecular complexity index is 88.2. The average molecular weight is 161 g/mol. The van der Waals surface area contributed by atoms with Crippen LogP contribution in [0.25, 0.3) is 0 Å². The fraction of sp³-hybridized carbons (Fsp3) is 1.00. The lowest BCUT2D eigenvalue weighted by molar-refractivity contribution is 0.0123. The highest BCUT2D eigenvalue weighted by molar-refractivity contribution is 4.55. The summed E-state index contributed by atoms with van der Waals surface area (Å²) in [5.74, 6) is 0. The summed E-state index contributed by atoms with van der Waals surface area (Å²) < 4.78 is 0. The lowest BCUT2D eigenvalue weighted by Crippen LogP contribution is -2.32. The molecule has 0 aliphatic carbocycles. The highest BCUT2D eigenvalue weighted by atomic mass is 16.3. The molecule has 0 rings (SSSR count). The lowest BCUT2D eigenvalue weighted by Gasteiger charge is -2.22. The van der Waals surface area contributed by atoms with E-state index < -0.39 is 0 Å². The third kappa shape index (κ3) is 5.18. The molecule has 2 N–H and O–H groups in total. The standard InChI is InChI=1S/C8H19NO2/c1-3-5-8(11)9(2)6-4-7-10/h8,10-11H,3-7H2,1-2H3. The summed E-state index contributed by atoms with van der Waals surface area (Å²) in [7, 11) is 1.87. The Labute approximate surface area is 68.6 Å². The van der Waals surface area contributed by atoms with Crippen LogP contribution >= 0.6 is 0 Å². The van der Waals surface area contributed by atoms with Crippen molar-refractivity contribution in [3.8, 4) is 0 Å². The van der Waals surface area contributed by atoms with Crippen molar-refractivity contribution in [1.29, 1.82) is 0 Å². The molecule has 0 amide bonds. The monoisotopic (exact) mass is 161 g/mol. The zero-order valence-electron chi connectivity index (χ0n) is 7.45. The van der Waals surface area contributed by atoms with Crippen LogP contribution in [0.5, 0.6) is 0 Å². The number of hydrogen-bond acceptors (Lipinski definition) is 3. The number of nitrogens with zero attached hydrogens (tertiary/aromatic N) is 1. The van der Waals surface area contributed by atoms with E-state index in [-0.39, 0.29) is 12.8 Å². The van der Waals surface area contributed by atoms with E-state index in [0.29, 0.717) is 0 Å². The fourth-order valence-electron chi connectivity index (χ4n) is 0.948. The first kappa shape index (κ1) is 10.9. The molecule has 0 heterocycles. The van der Waals surface area contributed by atoms with Gasteiger partial charge in [-0.05, 0) is 19.9 Å². The lowest BCUT2D eigenvalue weighted by atomic mass is 10.3. The van der Waals surface area contributed by atoms with Gasteiger partial charge < -0.3 is 10.2 Å². The minimum Gasteiger partial charge on any atom is -0.396 e. The SMILES string of the molecule is CCCC(O)N(C)CCCO. The van der Waals surface area contributed by atoms with Gasteiger partial charge in [-0.25, -0.2) is 0 Å². The largest absolute Gasteiger partial charge is 0.396 e. The van der Waals surface area contributed by atoms with Gasteiger partial charge in [0.1, 0.15) is 6.23 Å². The predicted octanol–water partition coefficient (Wildman–Crippen LogP) is 0.419. The van der Waals surface area contributed by atoms with E-state index >= 15 is 0 Å². The Morgan fingerprint density at radius 2 is 2.09 bits per heavy atom. The van der Waals surface area contributed by atoms with Crippen LogP contribution in [0, 0.1) is 0 Å². The number of hydrogen-bond donors (Lipinski definition) is 2. The maximum Gasteiger partial charge on any atom is 0.107 e. The van der Waals surface area contributed by atoms with Gasteiger partial charge in [0, 0.05) is 13.2 Å². The number of aliphatic hydroxyl groups excluding tert-OH is 2. The van der Waals surface area contributed by atoms with Gasteiger partial charge in [0.2, 0.25) is 0 Å². The molecule has 1 unspecified atom stereocenters. The second-order valence-corrected chi connectivity index (χ2v) is 2.83. The summed E-state index contributed by atoms with van der Waals surface area (Å²) in [5, 5.41) is 17.9. The number of aliphatic hydroxyl groups is 2. The Balaban J connectivity index is 3.38. The van der Waals surface area contributed by atoms with E-state index in [1.165, 1.54) is 0 Å². The van der Waals surface area contributed by atoms with Crippen LogP contribution in [0.4, 0.5) is 0 Å². The van der Waals surface area contributed by atoms with Crippen LogP contribution in [-0.2, 0) is 0 Å². The van der Waals surface area contributed by atoms with Crippen molar-refractivity contribution in [2.24, 2.45) is 0 Å². The third-order valence-corrected chi connectivity index (χ3v) is 1.72. The van der Waals surface area contributed by atoms with Gasteiger partial charge in [0.15, 0.2) is 0 Å². The molecule has 0 saturated heterocycles. The second-order valence-electron chi connectivity index (χ2n) is 2.83. The van der Waals surface area contributed by atoms with Crippen LogP contribution in [-0.4, -0.2) is 41.5 Å². The Morgan fingerprint density at radius 1 is 1.45 bits per heavy atom. The molecule has 3 heteroatoms. The molecule has 0 aromatic heterocycles. The van der Waals surface area contributed by atoms with E-state index in [1.54, 1.807) is 0 Å². The van der Waals surface area contributed by atoms with Crippen molar-refractivity contribution in [3.05, 3.63) is 0 Å². The Morgan fingerprint density at radius 3 is 2.55 bits per heavy atom. The number of rotatable bonds is 6. The van der Waals surface area contributed by atoms with Crippen LogP contribution in [0.1, 0.15) is 26.2 Å². The Hall–Kier alpha value is -0.120. The molecular weight excluding hydrogens is 142 g/mol. The van der Waals surface area contributed by atoms with Gasteiger partial charge in [-0.3, -0.25) is 4.90 Å². The molecule has 3 nitrogen and oxygen atoms in total. The molecule has 0 spiro atoms. The molecule has 0 radical (unpaired) electrons. The molecule has 0 aliphatic heterocycles. The smallest absolute Gasteiger partial charge is 0.107 e. The molecule has 0 fully saturated rings. The zero-order chi connectivity index (χ0) is 8.69. The molecule has 0 aliphatic rings. The molecule has 1 atom stereocenters. The molecule has 68 valence electrons. The van der Waals surface area contributed by atoms with E-state index in [1.807, 2.05) is 18.9 Å². The molecule has 0 aromatic carbocycles. The van der Waals surface area contributed by atoms with Crippen molar-refractivity contribution in [3.63, 3.8) is 0 Å². The Kier molecular flexibility index (Phi) is 6.51. The maximum atomic E-state index is 9.39. The second kappa shape index (κ2) is 6.58. The van der Waals surface area contributed by atoms with Crippen molar-refractivity contribution >= 4 is 0 Å². The van der Waals surface area contributed by atoms with E-state index in [0.717, 1.165) is 25.8 Å². The van der Waals surface area contributed by atoms with Gasteiger partial charge in [-0.15, -0.1) is 0 Å².